The van der Waals surface area contributed by atoms with E-state index in [2.05, 4.69) is 6.92 Å². The van der Waals surface area contributed by atoms with Crippen molar-refractivity contribution in [1.29, 1.82) is 0 Å². The zero-order valence-electron chi connectivity index (χ0n) is 18.6. The monoisotopic (exact) mass is 412 g/mol. The van der Waals surface area contributed by atoms with E-state index in [1.165, 1.54) is 51.4 Å². The molecule has 160 valence electrons. The van der Waals surface area contributed by atoms with Crippen LogP contribution in [0.1, 0.15) is 98.2 Å². The van der Waals surface area contributed by atoms with Gasteiger partial charge in [0.1, 0.15) is 0 Å². The summed E-state index contributed by atoms with van der Waals surface area (Å²) in [6.45, 7) is 2.37. The predicted molar refractivity (Wildman–Crippen MR) is 103 cm³/mol. The minimum Gasteiger partial charge on any atom is -1.00 e. The largest absolute Gasteiger partial charge is 1.00 e. The van der Waals surface area contributed by atoms with Crippen LogP contribution in [0.5, 0.6) is 0 Å². The van der Waals surface area contributed by atoms with E-state index in [0.717, 1.165) is 19.3 Å². The molecule has 1 atom stereocenters. The Morgan fingerprint density at radius 3 is 1.61 bits per heavy atom. The van der Waals surface area contributed by atoms with Crippen molar-refractivity contribution in [3.63, 3.8) is 0 Å². The molecule has 7 nitrogen and oxygen atoms in total. The average Bonchev–Trinajstić information content (AvgIpc) is 2.58. The quantitative estimate of drug-likeness (QED) is 0.175. The summed E-state index contributed by atoms with van der Waals surface area (Å²) in [6.07, 6.45) is 12.3. The maximum Gasteiger partial charge on any atom is 1.00 e. The maximum atomic E-state index is 11.6. The zero-order valence-corrected chi connectivity index (χ0v) is 19.6. The van der Waals surface area contributed by atoms with Crippen LogP contribution in [-0.4, -0.2) is 45.4 Å². The fourth-order valence-electron chi connectivity index (χ4n) is 2.88. The SMILES string of the molecule is CCCCCCCCCCCCCCOC(=O)CC(O)(CC(=O)O)C(=O)O.[H-].[Na+]. The zero-order chi connectivity index (χ0) is 20.5. The number of carboxylic acid groups (broad SMARTS) is 2. The molecule has 3 N–H and O–H groups in total. The van der Waals surface area contributed by atoms with Crippen LogP contribution in [0.15, 0.2) is 0 Å². The molecule has 1 unspecified atom stereocenters. The van der Waals surface area contributed by atoms with Gasteiger partial charge in [0.05, 0.1) is 19.4 Å². The molecule has 0 aromatic carbocycles. The Kier molecular flexibility index (Phi) is 19.4. The van der Waals surface area contributed by atoms with Crippen LogP contribution in [0.2, 0.25) is 0 Å². The summed E-state index contributed by atoms with van der Waals surface area (Å²) in [4.78, 5) is 33.2. The van der Waals surface area contributed by atoms with Gasteiger partial charge in [-0.1, -0.05) is 77.6 Å². The number of ether oxygens (including phenoxy) is 1. The van der Waals surface area contributed by atoms with Gasteiger partial charge >= 0.3 is 47.5 Å². The van der Waals surface area contributed by atoms with Crippen LogP contribution in [0.3, 0.4) is 0 Å². The molecule has 0 rings (SSSR count). The number of aliphatic hydroxyl groups is 1. The van der Waals surface area contributed by atoms with Crippen LogP contribution < -0.4 is 29.6 Å². The van der Waals surface area contributed by atoms with E-state index in [1.54, 1.807) is 0 Å². The minimum atomic E-state index is -2.63. The number of carboxylic acids is 2. The van der Waals surface area contributed by atoms with Crippen LogP contribution in [-0.2, 0) is 19.1 Å². The number of aliphatic carboxylic acids is 2. The van der Waals surface area contributed by atoms with Crippen molar-refractivity contribution in [3.05, 3.63) is 0 Å². The molecule has 0 saturated carbocycles. The second-order valence-electron chi connectivity index (χ2n) is 7.19. The van der Waals surface area contributed by atoms with Gasteiger partial charge in [-0.15, -0.1) is 0 Å². The third-order valence-corrected chi connectivity index (χ3v) is 4.54. The molecule has 0 heterocycles. The molecule has 0 fully saturated rings. The standard InChI is InChI=1S/C20H36O7.Na.H/c1-2-3-4-5-6-7-8-9-10-11-12-13-14-27-18(23)16-20(26,19(24)25)15-17(21)22;;/h26H,2-16H2,1H3,(H,21,22)(H,24,25);;/q;+1;-1. The van der Waals surface area contributed by atoms with Gasteiger partial charge < -0.3 is 21.5 Å². The Morgan fingerprint density at radius 2 is 1.21 bits per heavy atom. The molecule has 0 aromatic rings. The number of hydrogen-bond acceptors (Lipinski definition) is 5. The Morgan fingerprint density at radius 1 is 0.786 bits per heavy atom. The number of carbonyl (C=O) groups excluding carboxylic acids is 1. The van der Waals surface area contributed by atoms with Crippen LogP contribution >= 0.6 is 0 Å². The maximum absolute atomic E-state index is 11.6. The van der Waals surface area contributed by atoms with Crippen LogP contribution in [0.25, 0.3) is 0 Å². The second-order valence-corrected chi connectivity index (χ2v) is 7.19. The van der Waals surface area contributed by atoms with E-state index in [4.69, 9.17) is 14.9 Å². The molecule has 0 saturated heterocycles. The fourth-order valence-corrected chi connectivity index (χ4v) is 2.88. The summed E-state index contributed by atoms with van der Waals surface area (Å²) >= 11 is 0. The Labute approximate surface area is 192 Å². The van der Waals surface area contributed by atoms with Gasteiger partial charge in [0.2, 0.25) is 0 Å². The number of esters is 1. The van der Waals surface area contributed by atoms with E-state index in [-0.39, 0.29) is 37.6 Å². The predicted octanol–water partition coefficient (Wildman–Crippen LogP) is 1.03. The van der Waals surface area contributed by atoms with Crippen molar-refractivity contribution in [2.45, 2.75) is 102 Å². The summed E-state index contributed by atoms with van der Waals surface area (Å²) in [5, 5.41) is 27.3. The normalized spacial score (nSPS) is 12.6. The van der Waals surface area contributed by atoms with Gasteiger partial charge in [-0.05, 0) is 6.42 Å². The number of unbranched alkanes of at least 4 members (excludes halogenated alkanes) is 11. The first-order valence-electron chi connectivity index (χ1n) is 10.1. The molecule has 28 heavy (non-hydrogen) atoms. The third kappa shape index (κ3) is 16.3. The number of carbonyl (C=O) groups is 3. The van der Waals surface area contributed by atoms with Crippen molar-refractivity contribution in [2.24, 2.45) is 0 Å². The van der Waals surface area contributed by atoms with Crippen LogP contribution in [0.4, 0.5) is 0 Å². The summed E-state index contributed by atoms with van der Waals surface area (Å²) in [5.41, 5.74) is -2.63. The smallest absolute Gasteiger partial charge is 1.00 e. The molecule has 0 aliphatic heterocycles. The van der Waals surface area contributed by atoms with Crippen molar-refractivity contribution in [1.82, 2.24) is 0 Å². The van der Waals surface area contributed by atoms with Gasteiger partial charge in [0, 0.05) is 0 Å². The van der Waals surface area contributed by atoms with E-state index in [1.807, 2.05) is 0 Å². The molecule has 0 aliphatic rings. The van der Waals surface area contributed by atoms with Crippen molar-refractivity contribution in [2.75, 3.05) is 6.61 Å². The van der Waals surface area contributed by atoms with Crippen LogP contribution in [0, 0.1) is 0 Å². The minimum absolute atomic E-state index is 0. The van der Waals surface area contributed by atoms with E-state index in [9.17, 15) is 19.5 Å². The number of rotatable bonds is 18. The average molecular weight is 412 g/mol. The second kappa shape index (κ2) is 18.4. The summed E-state index contributed by atoms with van der Waals surface area (Å²) < 4.78 is 4.91. The molecule has 0 amide bonds. The summed E-state index contributed by atoms with van der Waals surface area (Å²) in [5.74, 6) is -4.13. The molecule has 0 aliphatic carbocycles. The molecule has 0 spiro atoms. The Balaban J connectivity index is -0.00000338. The van der Waals surface area contributed by atoms with E-state index >= 15 is 0 Å². The summed E-state index contributed by atoms with van der Waals surface area (Å²) in [6, 6.07) is 0. The molecular weight excluding hydrogens is 375 g/mol. The molecular formula is C20H37NaO7. The van der Waals surface area contributed by atoms with E-state index in [0.29, 0.717) is 6.42 Å². The van der Waals surface area contributed by atoms with Gasteiger partial charge in [-0.2, -0.15) is 0 Å². The number of hydrogen-bond donors (Lipinski definition) is 3. The van der Waals surface area contributed by atoms with E-state index < -0.39 is 36.4 Å². The van der Waals surface area contributed by atoms with Crippen molar-refractivity contribution >= 4 is 17.9 Å². The van der Waals surface area contributed by atoms with Gasteiger partial charge in [0.15, 0.2) is 5.60 Å². The topological polar surface area (TPSA) is 121 Å². The third-order valence-electron chi connectivity index (χ3n) is 4.54. The Hall–Kier alpha value is -0.630. The first-order valence-corrected chi connectivity index (χ1v) is 10.1. The Bertz CT molecular complexity index is 449. The van der Waals surface area contributed by atoms with Crippen molar-refractivity contribution in [3.8, 4) is 0 Å². The van der Waals surface area contributed by atoms with Gasteiger partial charge in [0.25, 0.3) is 0 Å². The molecule has 0 aromatic heterocycles. The van der Waals surface area contributed by atoms with Crippen molar-refractivity contribution < 1.29 is 65.4 Å². The molecule has 0 bridgehead atoms. The van der Waals surface area contributed by atoms with Gasteiger partial charge in [-0.25, -0.2) is 4.79 Å². The fraction of sp³-hybridized carbons (Fsp3) is 0.850. The molecule has 8 heteroatoms. The van der Waals surface area contributed by atoms with Gasteiger partial charge in [-0.3, -0.25) is 9.59 Å². The first-order chi connectivity index (χ1) is 12.8. The first kappa shape index (κ1) is 29.6. The molecule has 0 radical (unpaired) electrons. The summed E-state index contributed by atoms with van der Waals surface area (Å²) in [7, 11) is 0.